The predicted molar refractivity (Wildman–Crippen MR) is 78.1 cm³/mol. The molecular weight excluding hydrogens is 317 g/mol. The molecule has 1 aromatic carbocycles. The summed E-state index contributed by atoms with van der Waals surface area (Å²) in [6, 6.07) is 3.91. The Morgan fingerprint density at radius 2 is 2.10 bits per heavy atom. The lowest BCUT2D eigenvalue weighted by Crippen LogP contribution is -2.50. The van der Waals surface area contributed by atoms with E-state index in [0.717, 1.165) is 0 Å². The summed E-state index contributed by atoms with van der Waals surface area (Å²) >= 11 is 5.76. The van der Waals surface area contributed by atoms with E-state index in [1.165, 1.54) is 18.2 Å². The predicted octanol–water partition coefficient (Wildman–Crippen LogP) is 2.21. The van der Waals surface area contributed by atoms with E-state index >= 15 is 0 Å². The van der Waals surface area contributed by atoms with E-state index in [0.29, 0.717) is 37.4 Å². The number of hydrogen-bond acceptors (Lipinski definition) is 4. The smallest absolute Gasteiger partial charge is 0.169 e. The summed E-state index contributed by atoms with van der Waals surface area (Å²) < 4.78 is 37.4. The molecule has 0 radical (unpaired) electrons. The molecule has 2 fully saturated rings. The highest BCUT2D eigenvalue weighted by atomic mass is 35.5. The van der Waals surface area contributed by atoms with Gasteiger partial charge in [-0.3, -0.25) is 4.21 Å². The van der Waals surface area contributed by atoms with Gasteiger partial charge in [-0.2, -0.15) is 0 Å². The summed E-state index contributed by atoms with van der Waals surface area (Å²) in [7, 11) is -1.38. The third-order valence-corrected chi connectivity index (χ3v) is 6.13. The van der Waals surface area contributed by atoms with Gasteiger partial charge in [-0.05, 0) is 24.6 Å². The molecule has 1 aliphatic heterocycles. The van der Waals surface area contributed by atoms with Crippen LogP contribution in [0.25, 0.3) is 0 Å². The Morgan fingerprint density at radius 1 is 1.38 bits per heavy atom. The van der Waals surface area contributed by atoms with Crippen LogP contribution in [0.3, 0.4) is 0 Å². The average molecular weight is 334 g/mol. The zero-order chi connectivity index (χ0) is 15.0. The minimum Gasteiger partial charge on any atom is -0.347 e. The highest BCUT2D eigenvalue weighted by Gasteiger charge is 2.46. The van der Waals surface area contributed by atoms with Gasteiger partial charge in [-0.1, -0.05) is 11.6 Å². The maximum atomic E-state index is 13.2. The summed E-state index contributed by atoms with van der Waals surface area (Å²) in [5.41, 5.74) is 6.12. The number of halogens is 2. The van der Waals surface area contributed by atoms with Crippen LogP contribution >= 0.6 is 11.6 Å². The molecule has 2 N–H and O–H groups in total. The van der Waals surface area contributed by atoms with Crippen LogP contribution in [0.4, 0.5) is 4.39 Å². The van der Waals surface area contributed by atoms with Gasteiger partial charge >= 0.3 is 0 Å². The van der Waals surface area contributed by atoms with Crippen molar-refractivity contribution in [3.63, 3.8) is 0 Å². The fraction of sp³-hybridized carbons (Fsp3) is 0.571. The third-order valence-electron chi connectivity index (χ3n) is 4.06. The minimum absolute atomic E-state index is 0.0340. The standard InChI is InChI=1S/C14H17ClFNO3S/c15-10-7-9(1-2-11(10)16)21(18)13-8-14(4-3-12(13)17)19-5-6-20-14/h1-2,7,12-13H,3-6,8,17H2. The molecule has 1 aromatic rings. The molecule has 1 heterocycles. The molecule has 0 amide bonds. The highest BCUT2D eigenvalue weighted by Crippen LogP contribution is 2.38. The zero-order valence-electron chi connectivity index (χ0n) is 11.4. The Morgan fingerprint density at radius 3 is 2.76 bits per heavy atom. The molecule has 2 aliphatic rings. The second-order valence-electron chi connectivity index (χ2n) is 5.43. The van der Waals surface area contributed by atoms with E-state index in [9.17, 15) is 8.60 Å². The van der Waals surface area contributed by atoms with Crippen LogP contribution < -0.4 is 5.73 Å². The van der Waals surface area contributed by atoms with Crippen molar-refractivity contribution in [1.82, 2.24) is 0 Å². The van der Waals surface area contributed by atoms with Crippen molar-refractivity contribution in [2.75, 3.05) is 13.2 Å². The fourth-order valence-corrected chi connectivity index (χ4v) is 4.79. The molecule has 3 rings (SSSR count). The summed E-state index contributed by atoms with van der Waals surface area (Å²) in [4.78, 5) is 0.483. The van der Waals surface area contributed by atoms with Crippen molar-refractivity contribution in [2.45, 2.75) is 41.2 Å². The van der Waals surface area contributed by atoms with Crippen molar-refractivity contribution in [2.24, 2.45) is 5.73 Å². The first-order valence-corrected chi connectivity index (χ1v) is 8.49. The van der Waals surface area contributed by atoms with Gasteiger partial charge in [-0.15, -0.1) is 0 Å². The quantitative estimate of drug-likeness (QED) is 0.901. The normalized spacial score (nSPS) is 29.7. The molecule has 21 heavy (non-hydrogen) atoms. The lowest BCUT2D eigenvalue weighted by molar-refractivity contribution is -0.177. The molecule has 3 atom stereocenters. The van der Waals surface area contributed by atoms with Gasteiger partial charge in [0.2, 0.25) is 0 Å². The molecule has 1 aliphatic carbocycles. The minimum atomic E-state index is -1.38. The zero-order valence-corrected chi connectivity index (χ0v) is 13.0. The second kappa shape index (κ2) is 5.93. The number of benzene rings is 1. The van der Waals surface area contributed by atoms with Crippen molar-refractivity contribution < 1.29 is 18.1 Å². The molecule has 3 unspecified atom stereocenters. The van der Waals surface area contributed by atoms with Crippen molar-refractivity contribution in [1.29, 1.82) is 0 Å². The largest absolute Gasteiger partial charge is 0.347 e. The van der Waals surface area contributed by atoms with Gasteiger partial charge < -0.3 is 15.2 Å². The molecule has 0 bridgehead atoms. The van der Waals surface area contributed by atoms with E-state index in [2.05, 4.69) is 0 Å². The number of rotatable bonds is 2. The topological polar surface area (TPSA) is 61.6 Å². The van der Waals surface area contributed by atoms with Crippen LogP contribution in [-0.4, -0.2) is 34.5 Å². The van der Waals surface area contributed by atoms with Crippen molar-refractivity contribution in [3.05, 3.63) is 29.0 Å². The maximum absolute atomic E-state index is 13.2. The van der Waals surface area contributed by atoms with Gasteiger partial charge in [0.15, 0.2) is 5.79 Å². The van der Waals surface area contributed by atoms with Crippen LogP contribution in [0.1, 0.15) is 19.3 Å². The van der Waals surface area contributed by atoms with Crippen LogP contribution in [0.15, 0.2) is 23.1 Å². The molecule has 7 heteroatoms. The fourth-order valence-electron chi connectivity index (χ4n) is 2.90. The summed E-state index contributed by atoms with van der Waals surface area (Å²) in [5.74, 6) is -1.18. The van der Waals surface area contributed by atoms with Crippen LogP contribution in [0.2, 0.25) is 5.02 Å². The van der Waals surface area contributed by atoms with E-state index in [1.807, 2.05) is 0 Å². The molecule has 4 nitrogen and oxygen atoms in total. The van der Waals surface area contributed by atoms with Crippen LogP contribution in [0, 0.1) is 5.82 Å². The Labute approximate surface area is 130 Å². The maximum Gasteiger partial charge on any atom is 0.169 e. The van der Waals surface area contributed by atoms with E-state index in [1.54, 1.807) is 0 Å². The van der Waals surface area contributed by atoms with Crippen LogP contribution in [0.5, 0.6) is 0 Å². The summed E-state index contributed by atoms with van der Waals surface area (Å²) in [5, 5.41) is -0.327. The summed E-state index contributed by atoms with van der Waals surface area (Å²) in [6.07, 6.45) is 1.88. The lowest BCUT2D eigenvalue weighted by Gasteiger charge is -2.39. The van der Waals surface area contributed by atoms with E-state index in [-0.39, 0.29) is 16.3 Å². The Balaban J connectivity index is 1.83. The molecule has 1 saturated heterocycles. The SMILES string of the molecule is NC1CCC2(CC1S(=O)c1ccc(F)c(Cl)c1)OCCO2. The number of nitrogens with two attached hydrogens (primary N) is 1. The van der Waals surface area contributed by atoms with Gasteiger partial charge in [0, 0.05) is 23.8 Å². The van der Waals surface area contributed by atoms with Gasteiger partial charge in [0.05, 0.1) is 34.3 Å². The molecule has 116 valence electrons. The molecule has 1 saturated carbocycles. The monoisotopic (exact) mass is 333 g/mol. The number of ether oxygens (including phenoxy) is 2. The van der Waals surface area contributed by atoms with E-state index in [4.69, 9.17) is 26.8 Å². The average Bonchev–Trinajstić information content (AvgIpc) is 2.92. The molecular formula is C14H17ClFNO3S. The van der Waals surface area contributed by atoms with Crippen molar-refractivity contribution in [3.8, 4) is 0 Å². The highest BCUT2D eigenvalue weighted by molar-refractivity contribution is 7.85. The molecule has 1 spiro atoms. The summed E-state index contributed by atoms with van der Waals surface area (Å²) in [6.45, 7) is 1.11. The number of hydrogen-bond donors (Lipinski definition) is 1. The first-order chi connectivity index (χ1) is 10.0. The van der Waals surface area contributed by atoms with Crippen molar-refractivity contribution >= 4 is 22.4 Å². The second-order valence-corrected chi connectivity index (χ2v) is 7.50. The lowest BCUT2D eigenvalue weighted by atomic mass is 9.90. The first-order valence-electron chi connectivity index (χ1n) is 6.90. The third kappa shape index (κ3) is 3.00. The van der Waals surface area contributed by atoms with Gasteiger partial charge in [0.25, 0.3) is 0 Å². The van der Waals surface area contributed by atoms with E-state index < -0.39 is 22.4 Å². The molecule has 0 aromatic heterocycles. The van der Waals surface area contributed by atoms with Gasteiger partial charge in [-0.25, -0.2) is 4.39 Å². The Hall–Kier alpha value is -0.530. The van der Waals surface area contributed by atoms with Gasteiger partial charge in [0.1, 0.15) is 5.82 Å². The Bertz CT molecular complexity index is 565. The Kier molecular flexibility index (Phi) is 4.34. The first kappa shape index (κ1) is 15.4. The van der Waals surface area contributed by atoms with Crippen LogP contribution in [-0.2, 0) is 20.3 Å².